The van der Waals surface area contributed by atoms with Gasteiger partial charge < -0.3 is 10.0 Å². The molecule has 3 rings (SSSR count). The predicted molar refractivity (Wildman–Crippen MR) is 85.4 cm³/mol. The van der Waals surface area contributed by atoms with Gasteiger partial charge in [0.2, 0.25) is 5.91 Å². The lowest BCUT2D eigenvalue weighted by Crippen LogP contribution is -2.45. The Morgan fingerprint density at radius 3 is 2.70 bits per heavy atom. The first-order valence-electron chi connectivity index (χ1n) is 8.06. The van der Waals surface area contributed by atoms with Crippen LogP contribution in [0.15, 0.2) is 42.9 Å². The summed E-state index contributed by atoms with van der Waals surface area (Å²) in [4.78, 5) is 18.4. The molecular weight excluding hydrogens is 292 g/mol. The number of amides is 1. The number of hydrogen-bond acceptors (Lipinski definition) is 4. The zero-order valence-corrected chi connectivity index (χ0v) is 13.1. The van der Waals surface area contributed by atoms with Gasteiger partial charge in [0.1, 0.15) is 5.60 Å². The molecule has 1 fully saturated rings. The molecule has 3 heterocycles. The molecule has 0 aliphatic carbocycles. The third kappa shape index (κ3) is 3.76. The second kappa shape index (κ2) is 6.91. The summed E-state index contributed by atoms with van der Waals surface area (Å²) in [5.41, 5.74) is -0.210. The number of nitrogens with zero attached hydrogens (tertiary/aromatic N) is 4. The monoisotopic (exact) mass is 314 g/mol. The molecular formula is C17H22N4O2. The molecule has 0 atom stereocenters. The van der Waals surface area contributed by atoms with E-state index in [-0.39, 0.29) is 5.91 Å². The van der Waals surface area contributed by atoms with Crippen molar-refractivity contribution in [2.45, 2.75) is 37.8 Å². The van der Waals surface area contributed by atoms with Crippen LogP contribution in [0.5, 0.6) is 0 Å². The Bertz CT molecular complexity index is 619. The van der Waals surface area contributed by atoms with Gasteiger partial charge in [-0.1, -0.05) is 6.07 Å². The van der Waals surface area contributed by atoms with Crippen LogP contribution in [-0.4, -0.2) is 43.8 Å². The van der Waals surface area contributed by atoms with Crippen molar-refractivity contribution in [2.75, 3.05) is 13.1 Å². The number of carbonyl (C=O) groups is 1. The highest BCUT2D eigenvalue weighted by Gasteiger charge is 2.36. The molecule has 1 aliphatic rings. The number of aromatic nitrogens is 3. The SMILES string of the molecule is O=C(CCCn1cccn1)N1CCC(O)(c2ccccn2)CC1. The first kappa shape index (κ1) is 15.7. The molecule has 0 radical (unpaired) electrons. The largest absolute Gasteiger partial charge is 0.383 e. The predicted octanol–water partition coefficient (Wildman–Crippen LogP) is 1.57. The van der Waals surface area contributed by atoms with E-state index in [1.165, 1.54) is 0 Å². The van der Waals surface area contributed by atoms with Crippen molar-refractivity contribution in [1.82, 2.24) is 19.7 Å². The number of hydrogen-bond donors (Lipinski definition) is 1. The first-order chi connectivity index (χ1) is 11.2. The molecule has 1 amide bonds. The molecule has 6 heteroatoms. The standard InChI is InChI=1S/C17H22N4O2/c22-16(6-3-11-21-12-4-10-19-21)20-13-7-17(23,8-14-20)15-5-1-2-9-18-15/h1-2,4-5,9-10,12,23H,3,6-8,11,13-14H2. The zero-order chi connectivity index (χ0) is 16.1. The van der Waals surface area contributed by atoms with Gasteiger partial charge in [0.05, 0.1) is 5.69 Å². The number of likely N-dealkylation sites (tertiary alicyclic amines) is 1. The Labute approximate surface area is 135 Å². The van der Waals surface area contributed by atoms with Gasteiger partial charge in [-0.3, -0.25) is 14.5 Å². The van der Waals surface area contributed by atoms with Crippen LogP contribution in [0.3, 0.4) is 0 Å². The van der Waals surface area contributed by atoms with E-state index in [1.54, 1.807) is 12.4 Å². The number of piperidine rings is 1. The molecule has 1 N–H and O–H groups in total. The van der Waals surface area contributed by atoms with E-state index in [1.807, 2.05) is 40.0 Å². The van der Waals surface area contributed by atoms with Crippen LogP contribution in [0.2, 0.25) is 0 Å². The van der Waals surface area contributed by atoms with Crippen LogP contribution in [0.1, 0.15) is 31.4 Å². The van der Waals surface area contributed by atoms with Crippen LogP contribution < -0.4 is 0 Å². The zero-order valence-electron chi connectivity index (χ0n) is 13.1. The molecule has 6 nitrogen and oxygen atoms in total. The summed E-state index contributed by atoms with van der Waals surface area (Å²) in [5, 5.41) is 14.9. The maximum atomic E-state index is 12.3. The van der Waals surface area contributed by atoms with E-state index < -0.39 is 5.60 Å². The lowest BCUT2D eigenvalue weighted by molar-refractivity contribution is -0.136. The Kier molecular flexibility index (Phi) is 4.71. The van der Waals surface area contributed by atoms with Gasteiger partial charge in [-0.15, -0.1) is 0 Å². The van der Waals surface area contributed by atoms with Crippen LogP contribution >= 0.6 is 0 Å². The smallest absolute Gasteiger partial charge is 0.222 e. The summed E-state index contributed by atoms with van der Waals surface area (Å²) in [7, 11) is 0. The maximum absolute atomic E-state index is 12.3. The molecule has 0 bridgehead atoms. The van der Waals surface area contributed by atoms with Crippen molar-refractivity contribution in [3.05, 3.63) is 48.5 Å². The fourth-order valence-corrected chi connectivity index (χ4v) is 3.00. The Balaban J connectivity index is 1.47. The van der Waals surface area contributed by atoms with E-state index >= 15 is 0 Å². The fourth-order valence-electron chi connectivity index (χ4n) is 3.00. The van der Waals surface area contributed by atoms with Gasteiger partial charge >= 0.3 is 0 Å². The lowest BCUT2D eigenvalue weighted by Gasteiger charge is -2.37. The number of aliphatic hydroxyl groups is 1. The summed E-state index contributed by atoms with van der Waals surface area (Å²) < 4.78 is 1.84. The van der Waals surface area contributed by atoms with Crippen molar-refractivity contribution >= 4 is 5.91 Å². The molecule has 23 heavy (non-hydrogen) atoms. The Morgan fingerprint density at radius 2 is 2.04 bits per heavy atom. The van der Waals surface area contributed by atoms with E-state index in [9.17, 15) is 9.90 Å². The van der Waals surface area contributed by atoms with Crippen molar-refractivity contribution in [1.29, 1.82) is 0 Å². The second-order valence-electron chi connectivity index (χ2n) is 6.00. The van der Waals surface area contributed by atoms with Gasteiger partial charge in [0.25, 0.3) is 0 Å². The highest BCUT2D eigenvalue weighted by atomic mass is 16.3. The Hall–Kier alpha value is -2.21. The normalized spacial score (nSPS) is 17.2. The van der Waals surface area contributed by atoms with Crippen LogP contribution in [-0.2, 0) is 16.9 Å². The number of aryl methyl sites for hydroxylation is 1. The summed E-state index contributed by atoms with van der Waals surface area (Å²) in [6.45, 7) is 1.91. The van der Waals surface area contributed by atoms with E-state index in [4.69, 9.17) is 0 Å². The number of carbonyl (C=O) groups excluding carboxylic acids is 1. The fraction of sp³-hybridized carbons (Fsp3) is 0.471. The van der Waals surface area contributed by atoms with Gasteiger partial charge in [0.15, 0.2) is 0 Å². The van der Waals surface area contributed by atoms with Crippen molar-refractivity contribution in [2.24, 2.45) is 0 Å². The first-order valence-corrected chi connectivity index (χ1v) is 8.06. The third-order valence-corrected chi connectivity index (χ3v) is 4.42. The summed E-state index contributed by atoms with van der Waals surface area (Å²) in [6.07, 6.45) is 7.70. The minimum absolute atomic E-state index is 0.153. The van der Waals surface area contributed by atoms with Crippen molar-refractivity contribution in [3.63, 3.8) is 0 Å². The number of pyridine rings is 1. The highest BCUT2D eigenvalue weighted by molar-refractivity contribution is 5.76. The molecule has 1 saturated heterocycles. The van der Waals surface area contributed by atoms with Gasteiger partial charge in [-0.2, -0.15) is 5.10 Å². The average Bonchev–Trinajstić information content (AvgIpc) is 3.10. The Morgan fingerprint density at radius 1 is 1.22 bits per heavy atom. The quantitative estimate of drug-likeness (QED) is 0.909. The van der Waals surface area contributed by atoms with Crippen LogP contribution in [0, 0.1) is 0 Å². The lowest BCUT2D eigenvalue weighted by atomic mass is 9.87. The van der Waals surface area contributed by atoms with Crippen LogP contribution in [0.4, 0.5) is 0 Å². The van der Waals surface area contributed by atoms with Gasteiger partial charge in [0, 0.05) is 44.6 Å². The minimum atomic E-state index is -0.910. The molecule has 0 unspecified atom stereocenters. The molecule has 2 aromatic heterocycles. The van der Waals surface area contributed by atoms with Crippen molar-refractivity contribution in [3.8, 4) is 0 Å². The summed E-state index contributed by atoms with van der Waals surface area (Å²) in [5.74, 6) is 0.153. The second-order valence-corrected chi connectivity index (χ2v) is 6.00. The van der Waals surface area contributed by atoms with E-state index in [0.29, 0.717) is 38.0 Å². The molecule has 1 aliphatic heterocycles. The maximum Gasteiger partial charge on any atom is 0.222 e. The summed E-state index contributed by atoms with van der Waals surface area (Å²) >= 11 is 0. The van der Waals surface area contributed by atoms with E-state index in [0.717, 1.165) is 13.0 Å². The third-order valence-electron chi connectivity index (χ3n) is 4.42. The highest BCUT2D eigenvalue weighted by Crippen LogP contribution is 2.31. The molecule has 0 saturated carbocycles. The molecule has 0 spiro atoms. The number of rotatable bonds is 5. The van der Waals surface area contributed by atoms with Gasteiger partial charge in [-0.05, 0) is 37.5 Å². The van der Waals surface area contributed by atoms with Crippen molar-refractivity contribution < 1.29 is 9.90 Å². The molecule has 122 valence electrons. The summed E-state index contributed by atoms with van der Waals surface area (Å²) in [6, 6.07) is 7.45. The van der Waals surface area contributed by atoms with Crippen LogP contribution in [0.25, 0.3) is 0 Å². The molecule has 2 aromatic rings. The topological polar surface area (TPSA) is 71.2 Å². The van der Waals surface area contributed by atoms with Gasteiger partial charge in [-0.25, -0.2) is 0 Å². The average molecular weight is 314 g/mol. The molecule has 0 aromatic carbocycles. The minimum Gasteiger partial charge on any atom is -0.383 e. The van der Waals surface area contributed by atoms with E-state index in [2.05, 4.69) is 10.1 Å².